The predicted octanol–water partition coefficient (Wildman–Crippen LogP) is 1.04. The smallest absolute Gasteiger partial charge is 0.222 e. The molecule has 1 aromatic rings. The van der Waals surface area contributed by atoms with Gasteiger partial charge in [-0.05, 0) is 37.7 Å². The van der Waals surface area contributed by atoms with Crippen LogP contribution in [0.1, 0.15) is 18.4 Å². The van der Waals surface area contributed by atoms with Gasteiger partial charge in [0.1, 0.15) is 0 Å². The molecule has 0 aliphatic rings. The predicted molar refractivity (Wildman–Crippen MR) is 63.9 cm³/mol. The van der Waals surface area contributed by atoms with Crippen molar-refractivity contribution < 1.29 is 4.79 Å². The monoisotopic (exact) mass is 221 g/mol. The fourth-order valence-electron chi connectivity index (χ4n) is 1.46. The van der Waals surface area contributed by atoms with Crippen LogP contribution in [0.3, 0.4) is 0 Å². The molecule has 0 aliphatic heterocycles. The van der Waals surface area contributed by atoms with Crippen LogP contribution in [0.2, 0.25) is 0 Å². The molecule has 0 bridgehead atoms. The fourth-order valence-corrected chi connectivity index (χ4v) is 1.46. The SMILES string of the molecule is CNCCCC(=O)N(C)Cc1ccncc1. The number of nitrogens with zero attached hydrogens (tertiary/aromatic N) is 2. The first kappa shape index (κ1) is 12.6. The summed E-state index contributed by atoms with van der Waals surface area (Å²) in [7, 11) is 3.73. The second kappa shape index (κ2) is 6.95. The van der Waals surface area contributed by atoms with Crippen molar-refractivity contribution in [3.8, 4) is 0 Å². The summed E-state index contributed by atoms with van der Waals surface area (Å²) in [6, 6.07) is 3.86. The van der Waals surface area contributed by atoms with Crippen molar-refractivity contribution in [1.29, 1.82) is 0 Å². The maximum atomic E-state index is 11.7. The van der Waals surface area contributed by atoms with Crippen LogP contribution in [-0.2, 0) is 11.3 Å². The molecule has 1 rings (SSSR count). The van der Waals surface area contributed by atoms with Gasteiger partial charge in [-0.3, -0.25) is 9.78 Å². The van der Waals surface area contributed by atoms with E-state index in [-0.39, 0.29) is 5.91 Å². The van der Waals surface area contributed by atoms with Gasteiger partial charge in [-0.2, -0.15) is 0 Å². The van der Waals surface area contributed by atoms with E-state index in [0.717, 1.165) is 18.5 Å². The summed E-state index contributed by atoms with van der Waals surface area (Å²) in [5.41, 5.74) is 1.11. The van der Waals surface area contributed by atoms with Crippen molar-refractivity contribution >= 4 is 5.91 Å². The molecule has 1 heterocycles. The van der Waals surface area contributed by atoms with Crippen molar-refractivity contribution in [3.05, 3.63) is 30.1 Å². The Bertz CT molecular complexity index is 313. The molecule has 0 unspecified atom stereocenters. The Kier molecular flexibility index (Phi) is 5.50. The molecule has 0 saturated heterocycles. The van der Waals surface area contributed by atoms with Gasteiger partial charge >= 0.3 is 0 Å². The molecule has 4 nitrogen and oxygen atoms in total. The molecule has 0 atom stereocenters. The fraction of sp³-hybridized carbons (Fsp3) is 0.500. The molecule has 1 aromatic heterocycles. The Morgan fingerprint density at radius 3 is 2.75 bits per heavy atom. The Labute approximate surface area is 96.7 Å². The Morgan fingerprint density at radius 1 is 1.44 bits per heavy atom. The molecule has 0 spiro atoms. The molecule has 0 fully saturated rings. The van der Waals surface area contributed by atoms with E-state index < -0.39 is 0 Å². The normalized spacial score (nSPS) is 10.1. The van der Waals surface area contributed by atoms with E-state index >= 15 is 0 Å². The van der Waals surface area contributed by atoms with E-state index in [1.54, 1.807) is 17.3 Å². The molecular weight excluding hydrogens is 202 g/mol. The highest BCUT2D eigenvalue weighted by Gasteiger charge is 2.08. The van der Waals surface area contributed by atoms with Crippen molar-refractivity contribution in [3.63, 3.8) is 0 Å². The third-order valence-corrected chi connectivity index (χ3v) is 2.41. The summed E-state index contributed by atoms with van der Waals surface area (Å²) in [6.45, 7) is 1.54. The first-order valence-electron chi connectivity index (χ1n) is 5.51. The molecular formula is C12H19N3O. The summed E-state index contributed by atoms with van der Waals surface area (Å²) >= 11 is 0. The van der Waals surface area contributed by atoms with Crippen molar-refractivity contribution in [1.82, 2.24) is 15.2 Å². The summed E-state index contributed by atoms with van der Waals surface area (Å²) in [5.74, 6) is 0.187. The maximum Gasteiger partial charge on any atom is 0.222 e. The minimum Gasteiger partial charge on any atom is -0.341 e. The van der Waals surface area contributed by atoms with Crippen LogP contribution in [0, 0.1) is 0 Å². The number of hydrogen-bond acceptors (Lipinski definition) is 3. The lowest BCUT2D eigenvalue weighted by Crippen LogP contribution is -2.26. The van der Waals surface area contributed by atoms with Crippen LogP contribution >= 0.6 is 0 Å². The van der Waals surface area contributed by atoms with Crippen LogP contribution in [0.4, 0.5) is 0 Å². The van der Waals surface area contributed by atoms with Crippen LogP contribution in [-0.4, -0.2) is 36.4 Å². The summed E-state index contributed by atoms with van der Waals surface area (Å²) in [4.78, 5) is 17.4. The van der Waals surface area contributed by atoms with Crippen LogP contribution in [0.15, 0.2) is 24.5 Å². The average molecular weight is 221 g/mol. The highest BCUT2D eigenvalue weighted by atomic mass is 16.2. The van der Waals surface area contributed by atoms with E-state index in [0.29, 0.717) is 13.0 Å². The Balaban J connectivity index is 2.34. The van der Waals surface area contributed by atoms with E-state index in [9.17, 15) is 4.79 Å². The minimum absolute atomic E-state index is 0.187. The molecule has 4 heteroatoms. The Hall–Kier alpha value is -1.42. The molecule has 88 valence electrons. The quantitative estimate of drug-likeness (QED) is 0.730. The lowest BCUT2D eigenvalue weighted by atomic mass is 10.2. The van der Waals surface area contributed by atoms with E-state index in [1.165, 1.54) is 0 Å². The van der Waals surface area contributed by atoms with Gasteiger partial charge in [0.2, 0.25) is 5.91 Å². The summed E-state index contributed by atoms with van der Waals surface area (Å²) < 4.78 is 0. The zero-order valence-corrected chi connectivity index (χ0v) is 9.94. The van der Waals surface area contributed by atoms with Gasteiger partial charge in [-0.15, -0.1) is 0 Å². The summed E-state index contributed by atoms with van der Waals surface area (Å²) in [5, 5.41) is 3.03. The van der Waals surface area contributed by atoms with Gasteiger partial charge in [-0.1, -0.05) is 0 Å². The van der Waals surface area contributed by atoms with Crippen LogP contribution in [0.25, 0.3) is 0 Å². The molecule has 0 aromatic carbocycles. The van der Waals surface area contributed by atoms with Crippen LogP contribution < -0.4 is 5.32 Å². The average Bonchev–Trinajstić information content (AvgIpc) is 2.30. The number of hydrogen-bond donors (Lipinski definition) is 1. The van der Waals surface area contributed by atoms with Gasteiger partial charge < -0.3 is 10.2 Å². The molecule has 0 aliphatic carbocycles. The first-order chi connectivity index (χ1) is 7.74. The summed E-state index contributed by atoms with van der Waals surface area (Å²) in [6.07, 6.45) is 4.97. The number of pyridine rings is 1. The van der Waals surface area contributed by atoms with E-state index in [1.807, 2.05) is 26.2 Å². The molecule has 1 N–H and O–H groups in total. The largest absolute Gasteiger partial charge is 0.341 e. The molecule has 0 radical (unpaired) electrons. The van der Waals surface area contributed by atoms with Gasteiger partial charge in [-0.25, -0.2) is 0 Å². The van der Waals surface area contributed by atoms with Crippen LogP contribution in [0.5, 0.6) is 0 Å². The number of carbonyl (C=O) groups excluding carboxylic acids is 1. The highest BCUT2D eigenvalue weighted by Crippen LogP contribution is 2.03. The van der Waals surface area contributed by atoms with Gasteiger partial charge in [0.15, 0.2) is 0 Å². The first-order valence-corrected chi connectivity index (χ1v) is 5.51. The van der Waals surface area contributed by atoms with Gasteiger partial charge in [0.25, 0.3) is 0 Å². The second-order valence-electron chi connectivity index (χ2n) is 3.81. The van der Waals surface area contributed by atoms with E-state index in [2.05, 4.69) is 10.3 Å². The van der Waals surface area contributed by atoms with Crippen molar-refractivity contribution in [2.24, 2.45) is 0 Å². The third kappa shape index (κ3) is 4.40. The lowest BCUT2D eigenvalue weighted by molar-refractivity contribution is -0.130. The molecule has 1 amide bonds. The zero-order valence-electron chi connectivity index (χ0n) is 9.94. The highest BCUT2D eigenvalue weighted by molar-refractivity contribution is 5.75. The standard InChI is InChI=1S/C12H19N3O/c1-13-7-3-4-12(16)15(2)10-11-5-8-14-9-6-11/h5-6,8-9,13H,3-4,7,10H2,1-2H3. The second-order valence-corrected chi connectivity index (χ2v) is 3.81. The number of nitrogens with one attached hydrogen (secondary N) is 1. The third-order valence-electron chi connectivity index (χ3n) is 2.41. The van der Waals surface area contributed by atoms with E-state index in [4.69, 9.17) is 0 Å². The number of aromatic nitrogens is 1. The minimum atomic E-state index is 0.187. The maximum absolute atomic E-state index is 11.7. The number of carbonyl (C=O) groups is 1. The lowest BCUT2D eigenvalue weighted by Gasteiger charge is -2.17. The van der Waals surface area contributed by atoms with Gasteiger partial charge in [0, 0.05) is 32.4 Å². The number of rotatable bonds is 6. The van der Waals surface area contributed by atoms with Gasteiger partial charge in [0.05, 0.1) is 0 Å². The van der Waals surface area contributed by atoms with Crippen molar-refractivity contribution in [2.75, 3.05) is 20.6 Å². The Morgan fingerprint density at radius 2 is 2.12 bits per heavy atom. The zero-order chi connectivity index (χ0) is 11.8. The molecule has 0 saturated carbocycles. The van der Waals surface area contributed by atoms with Crippen molar-refractivity contribution in [2.45, 2.75) is 19.4 Å². The molecule has 16 heavy (non-hydrogen) atoms. The topological polar surface area (TPSA) is 45.2 Å². The number of amides is 1.